The average Bonchev–Trinajstić information content (AvgIpc) is 2.52. The van der Waals surface area contributed by atoms with Gasteiger partial charge in [-0.15, -0.1) is 0 Å². The molecule has 0 saturated carbocycles. The number of rotatable bonds is 7. The minimum Gasteiger partial charge on any atom is -0.497 e. The van der Waals surface area contributed by atoms with Crippen LogP contribution in [0.4, 0.5) is 0 Å². The SMILES string of the molecule is CCNCc1cc(OC)ccc1OCc1ccccc1C. The fraction of sp³-hybridized carbons (Fsp3) is 0.333. The average molecular weight is 285 g/mol. The molecule has 2 rings (SSSR count). The Balaban J connectivity index is 2.13. The molecule has 0 atom stereocenters. The third-order valence-corrected chi connectivity index (χ3v) is 3.48. The van der Waals surface area contributed by atoms with Crippen molar-refractivity contribution >= 4 is 0 Å². The van der Waals surface area contributed by atoms with Crippen molar-refractivity contribution in [2.45, 2.75) is 27.0 Å². The van der Waals surface area contributed by atoms with E-state index in [1.165, 1.54) is 11.1 Å². The number of hydrogen-bond acceptors (Lipinski definition) is 3. The van der Waals surface area contributed by atoms with Gasteiger partial charge in [0.1, 0.15) is 18.1 Å². The highest BCUT2D eigenvalue weighted by molar-refractivity contribution is 5.40. The first-order chi connectivity index (χ1) is 10.2. The van der Waals surface area contributed by atoms with E-state index >= 15 is 0 Å². The molecule has 0 fully saturated rings. The number of benzene rings is 2. The Morgan fingerprint density at radius 2 is 1.86 bits per heavy atom. The molecule has 0 heterocycles. The lowest BCUT2D eigenvalue weighted by Gasteiger charge is -2.14. The van der Waals surface area contributed by atoms with Gasteiger partial charge in [0.2, 0.25) is 0 Å². The van der Waals surface area contributed by atoms with E-state index in [4.69, 9.17) is 9.47 Å². The number of methoxy groups -OCH3 is 1. The quantitative estimate of drug-likeness (QED) is 0.841. The maximum absolute atomic E-state index is 6.01. The fourth-order valence-electron chi connectivity index (χ4n) is 2.15. The predicted octanol–water partition coefficient (Wildman–Crippen LogP) is 3.69. The number of nitrogens with one attached hydrogen (secondary N) is 1. The van der Waals surface area contributed by atoms with Crippen molar-refractivity contribution in [1.82, 2.24) is 5.32 Å². The van der Waals surface area contributed by atoms with E-state index < -0.39 is 0 Å². The highest BCUT2D eigenvalue weighted by Gasteiger charge is 2.07. The number of hydrogen-bond donors (Lipinski definition) is 1. The highest BCUT2D eigenvalue weighted by Crippen LogP contribution is 2.25. The zero-order valence-electron chi connectivity index (χ0n) is 13.0. The van der Waals surface area contributed by atoms with Crippen LogP contribution in [0, 0.1) is 6.92 Å². The largest absolute Gasteiger partial charge is 0.497 e. The van der Waals surface area contributed by atoms with Crippen LogP contribution in [0.15, 0.2) is 42.5 Å². The highest BCUT2D eigenvalue weighted by atomic mass is 16.5. The lowest BCUT2D eigenvalue weighted by Crippen LogP contribution is -2.13. The predicted molar refractivity (Wildman–Crippen MR) is 85.9 cm³/mol. The van der Waals surface area contributed by atoms with Gasteiger partial charge >= 0.3 is 0 Å². The van der Waals surface area contributed by atoms with Gasteiger partial charge in [-0.2, -0.15) is 0 Å². The monoisotopic (exact) mass is 285 g/mol. The van der Waals surface area contributed by atoms with Crippen molar-refractivity contribution in [3.63, 3.8) is 0 Å². The molecule has 0 aliphatic heterocycles. The van der Waals surface area contributed by atoms with Crippen LogP contribution in [0.1, 0.15) is 23.6 Å². The summed E-state index contributed by atoms with van der Waals surface area (Å²) < 4.78 is 11.3. The molecule has 0 aliphatic carbocycles. The van der Waals surface area contributed by atoms with Crippen LogP contribution in [0.5, 0.6) is 11.5 Å². The summed E-state index contributed by atoms with van der Waals surface area (Å²) >= 11 is 0. The van der Waals surface area contributed by atoms with Crippen LogP contribution < -0.4 is 14.8 Å². The number of aryl methyl sites for hydroxylation is 1. The van der Waals surface area contributed by atoms with E-state index in [1.54, 1.807) is 7.11 Å². The van der Waals surface area contributed by atoms with E-state index in [2.05, 4.69) is 31.3 Å². The second kappa shape index (κ2) is 7.70. The minimum absolute atomic E-state index is 0.581. The zero-order chi connectivity index (χ0) is 15.1. The van der Waals surface area contributed by atoms with Gasteiger partial charge in [-0.25, -0.2) is 0 Å². The minimum atomic E-state index is 0.581. The van der Waals surface area contributed by atoms with E-state index in [-0.39, 0.29) is 0 Å². The summed E-state index contributed by atoms with van der Waals surface area (Å²) in [7, 11) is 1.68. The smallest absolute Gasteiger partial charge is 0.124 e. The van der Waals surface area contributed by atoms with Crippen LogP contribution in [0.2, 0.25) is 0 Å². The first-order valence-electron chi connectivity index (χ1n) is 7.29. The van der Waals surface area contributed by atoms with E-state index in [0.29, 0.717) is 6.61 Å². The third-order valence-electron chi connectivity index (χ3n) is 3.48. The van der Waals surface area contributed by atoms with Crippen molar-refractivity contribution in [2.75, 3.05) is 13.7 Å². The van der Waals surface area contributed by atoms with Crippen LogP contribution in [-0.4, -0.2) is 13.7 Å². The van der Waals surface area contributed by atoms with Gasteiger partial charge in [-0.05, 0) is 42.8 Å². The summed E-state index contributed by atoms with van der Waals surface area (Å²) in [6.45, 7) is 6.48. The van der Waals surface area contributed by atoms with Gasteiger partial charge in [-0.1, -0.05) is 31.2 Å². The van der Waals surface area contributed by atoms with E-state index in [1.807, 2.05) is 30.3 Å². The molecule has 2 aromatic carbocycles. The molecule has 0 aromatic heterocycles. The van der Waals surface area contributed by atoms with Gasteiger partial charge in [-0.3, -0.25) is 0 Å². The van der Waals surface area contributed by atoms with Crippen LogP contribution >= 0.6 is 0 Å². The van der Waals surface area contributed by atoms with E-state index in [0.717, 1.165) is 30.2 Å². The standard InChI is InChI=1S/C18H23NO2/c1-4-19-12-16-11-17(20-3)9-10-18(16)21-13-15-8-6-5-7-14(15)2/h5-11,19H,4,12-13H2,1-3H3. The van der Waals surface area contributed by atoms with Crippen molar-refractivity contribution < 1.29 is 9.47 Å². The summed E-state index contributed by atoms with van der Waals surface area (Å²) in [5, 5.41) is 3.33. The summed E-state index contributed by atoms with van der Waals surface area (Å²) in [4.78, 5) is 0. The Morgan fingerprint density at radius 3 is 2.57 bits per heavy atom. The lowest BCUT2D eigenvalue weighted by molar-refractivity contribution is 0.300. The Hall–Kier alpha value is -2.00. The summed E-state index contributed by atoms with van der Waals surface area (Å²) in [6.07, 6.45) is 0. The molecular formula is C18H23NO2. The van der Waals surface area contributed by atoms with Crippen LogP contribution in [0.25, 0.3) is 0 Å². The Morgan fingerprint density at radius 1 is 1.05 bits per heavy atom. The Bertz CT molecular complexity index is 581. The molecule has 2 aromatic rings. The van der Waals surface area contributed by atoms with Gasteiger partial charge in [0.25, 0.3) is 0 Å². The van der Waals surface area contributed by atoms with Crippen LogP contribution in [0.3, 0.4) is 0 Å². The summed E-state index contributed by atoms with van der Waals surface area (Å²) in [5.41, 5.74) is 3.58. The molecule has 21 heavy (non-hydrogen) atoms. The second-order valence-corrected chi connectivity index (χ2v) is 4.97. The molecule has 0 amide bonds. The maximum atomic E-state index is 6.01. The van der Waals surface area contributed by atoms with Gasteiger partial charge < -0.3 is 14.8 Å². The van der Waals surface area contributed by atoms with Crippen LogP contribution in [-0.2, 0) is 13.2 Å². The summed E-state index contributed by atoms with van der Waals surface area (Å²) in [6, 6.07) is 14.2. The molecule has 0 radical (unpaired) electrons. The van der Waals surface area contributed by atoms with Crippen molar-refractivity contribution in [3.05, 3.63) is 59.2 Å². The third kappa shape index (κ3) is 4.23. The normalized spacial score (nSPS) is 10.4. The maximum Gasteiger partial charge on any atom is 0.124 e. The fourth-order valence-corrected chi connectivity index (χ4v) is 2.15. The number of ether oxygens (including phenoxy) is 2. The zero-order valence-corrected chi connectivity index (χ0v) is 13.0. The first kappa shape index (κ1) is 15.4. The van der Waals surface area contributed by atoms with Gasteiger partial charge in [0.15, 0.2) is 0 Å². The molecule has 3 nitrogen and oxygen atoms in total. The van der Waals surface area contributed by atoms with Crippen molar-refractivity contribution in [1.29, 1.82) is 0 Å². The topological polar surface area (TPSA) is 30.5 Å². The second-order valence-electron chi connectivity index (χ2n) is 4.97. The molecule has 112 valence electrons. The molecule has 1 N–H and O–H groups in total. The lowest BCUT2D eigenvalue weighted by atomic mass is 10.1. The molecule has 3 heteroatoms. The molecule has 0 spiro atoms. The Kier molecular flexibility index (Phi) is 5.64. The van der Waals surface area contributed by atoms with Crippen molar-refractivity contribution in [2.24, 2.45) is 0 Å². The molecular weight excluding hydrogens is 262 g/mol. The molecule has 0 saturated heterocycles. The molecule has 0 aliphatic rings. The molecule has 0 bridgehead atoms. The Labute approximate surface area is 126 Å². The van der Waals surface area contributed by atoms with Crippen molar-refractivity contribution in [3.8, 4) is 11.5 Å². The summed E-state index contributed by atoms with van der Waals surface area (Å²) in [5.74, 6) is 1.76. The van der Waals surface area contributed by atoms with Gasteiger partial charge in [0, 0.05) is 12.1 Å². The van der Waals surface area contributed by atoms with Gasteiger partial charge in [0.05, 0.1) is 7.11 Å². The first-order valence-corrected chi connectivity index (χ1v) is 7.29. The van der Waals surface area contributed by atoms with E-state index in [9.17, 15) is 0 Å². The molecule has 0 unspecified atom stereocenters.